The highest BCUT2D eigenvalue weighted by atomic mass is 19.1. The molecule has 110 valence electrons. The van der Waals surface area contributed by atoms with E-state index in [1.54, 1.807) is 24.3 Å². The summed E-state index contributed by atoms with van der Waals surface area (Å²) in [4.78, 5) is 11.7. The highest BCUT2D eigenvalue weighted by Gasteiger charge is 2.03. The van der Waals surface area contributed by atoms with Gasteiger partial charge in [0.15, 0.2) is 6.61 Å². The Balaban J connectivity index is 1.90. The van der Waals surface area contributed by atoms with E-state index in [-0.39, 0.29) is 6.61 Å². The summed E-state index contributed by atoms with van der Waals surface area (Å²) in [5, 5.41) is 12.2. The maximum Gasteiger partial charge on any atom is 0.271 e. The second-order valence-electron chi connectivity index (χ2n) is 4.22. The zero-order valence-electron chi connectivity index (χ0n) is 11.5. The smallest absolute Gasteiger partial charge is 0.271 e. The van der Waals surface area contributed by atoms with Crippen LogP contribution in [0.5, 0.6) is 5.75 Å². The molecule has 2 aromatic carbocycles. The Morgan fingerprint density at radius 3 is 2.55 bits per heavy atom. The summed E-state index contributed by atoms with van der Waals surface area (Å²) in [5.41, 5.74) is 3.42. The summed E-state index contributed by atoms with van der Waals surface area (Å²) >= 11 is 0. The van der Waals surface area contributed by atoms with E-state index >= 15 is 0 Å². The Labute approximate surface area is 126 Å². The average Bonchev–Trinajstić information content (AvgIpc) is 2.54. The molecule has 0 aliphatic rings. The molecule has 2 aromatic rings. The predicted molar refractivity (Wildman–Crippen MR) is 79.0 cm³/mol. The Bertz CT molecular complexity index is 704. The maximum absolute atomic E-state index is 12.7. The Morgan fingerprint density at radius 2 is 1.91 bits per heavy atom. The largest absolute Gasteiger partial charge is 0.479 e. The summed E-state index contributed by atoms with van der Waals surface area (Å²) in [6, 6.07) is 13.9. The highest BCUT2D eigenvalue weighted by molar-refractivity contribution is 5.94. The molecule has 0 atom stereocenters. The third kappa shape index (κ3) is 4.42. The van der Waals surface area contributed by atoms with Gasteiger partial charge in [-0.15, -0.1) is 0 Å². The predicted octanol–water partition coefficient (Wildman–Crippen LogP) is 2.49. The van der Waals surface area contributed by atoms with Gasteiger partial charge in [0.05, 0.1) is 6.21 Å². The molecule has 0 saturated heterocycles. The summed E-state index contributed by atoms with van der Waals surface area (Å²) in [6.07, 6.45) is 1.47. The van der Waals surface area contributed by atoms with Crippen LogP contribution in [0.15, 0.2) is 53.6 Å². The van der Waals surface area contributed by atoms with Crippen LogP contribution in [-0.4, -0.2) is 18.7 Å². The molecule has 0 fully saturated rings. The third-order valence-electron chi connectivity index (χ3n) is 2.67. The Hall–Kier alpha value is -3.20. The lowest BCUT2D eigenvalue weighted by atomic mass is 10.2. The van der Waals surface area contributed by atoms with Crippen molar-refractivity contribution in [3.05, 3.63) is 65.5 Å². The summed E-state index contributed by atoms with van der Waals surface area (Å²) in [7, 11) is 0. The number of carbonyl (C=O) groups is 1. The first-order valence-corrected chi connectivity index (χ1v) is 6.38. The number of halogens is 1. The van der Waals surface area contributed by atoms with Crippen molar-refractivity contribution in [2.24, 2.45) is 5.10 Å². The highest BCUT2D eigenvalue weighted by Crippen LogP contribution is 2.10. The second-order valence-corrected chi connectivity index (χ2v) is 4.22. The van der Waals surface area contributed by atoms with Crippen LogP contribution in [0.1, 0.15) is 15.9 Å². The van der Waals surface area contributed by atoms with Crippen LogP contribution in [0.4, 0.5) is 4.39 Å². The molecule has 0 aromatic heterocycles. The molecule has 0 heterocycles. The quantitative estimate of drug-likeness (QED) is 0.680. The maximum atomic E-state index is 12.7. The van der Waals surface area contributed by atoms with Crippen molar-refractivity contribution in [3.8, 4) is 11.8 Å². The first-order chi connectivity index (χ1) is 10.7. The first-order valence-electron chi connectivity index (χ1n) is 6.38. The topological polar surface area (TPSA) is 74.5 Å². The number of ether oxygens (including phenoxy) is 1. The number of nitriles is 1. The van der Waals surface area contributed by atoms with Crippen molar-refractivity contribution in [3.63, 3.8) is 0 Å². The van der Waals surface area contributed by atoms with Crippen LogP contribution in [0.3, 0.4) is 0 Å². The number of hydrogen-bond acceptors (Lipinski definition) is 4. The van der Waals surface area contributed by atoms with Gasteiger partial charge in [-0.1, -0.05) is 0 Å². The van der Waals surface area contributed by atoms with Crippen LogP contribution in [-0.2, 0) is 0 Å². The fourth-order valence-corrected chi connectivity index (χ4v) is 1.60. The van der Waals surface area contributed by atoms with Crippen molar-refractivity contribution in [2.45, 2.75) is 0 Å². The van der Waals surface area contributed by atoms with E-state index in [1.807, 2.05) is 6.07 Å². The summed E-state index contributed by atoms with van der Waals surface area (Å²) < 4.78 is 17.9. The van der Waals surface area contributed by atoms with Gasteiger partial charge in [-0.2, -0.15) is 10.4 Å². The molecule has 1 N–H and O–H groups in total. The van der Waals surface area contributed by atoms with Gasteiger partial charge in [0.25, 0.3) is 5.91 Å². The van der Waals surface area contributed by atoms with Crippen molar-refractivity contribution in [1.29, 1.82) is 5.26 Å². The third-order valence-corrected chi connectivity index (χ3v) is 2.67. The lowest BCUT2D eigenvalue weighted by molar-refractivity contribution is 0.0955. The van der Waals surface area contributed by atoms with Crippen LogP contribution >= 0.6 is 0 Å². The molecule has 0 spiro atoms. The van der Waals surface area contributed by atoms with Gasteiger partial charge in [0, 0.05) is 5.56 Å². The summed E-state index contributed by atoms with van der Waals surface area (Å²) in [6.45, 7) is -0.0127. The molecule has 0 saturated carbocycles. The van der Waals surface area contributed by atoms with Crippen LogP contribution in [0.2, 0.25) is 0 Å². The molecule has 0 unspecified atom stereocenters. The van der Waals surface area contributed by atoms with E-state index in [2.05, 4.69) is 10.5 Å². The molecule has 5 nitrogen and oxygen atoms in total. The van der Waals surface area contributed by atoms with Gasteiger partial charge in [0.2, 0.25) is 0 Å². The standard InChI is InChI=1S/C16H12FN3O2/c17-14-5-3-13(4-6-14)16(21)20-19-11-12-1-7-15(8-2-12)22-10-9-18/h1-8,11H,10H2,(H,20,21)/b19-11-. The molecule has 0 radical (unpaired) electrons. The van der Waals surface area contributed by atoms with E-state index in [0.717, 1.165) is 5.56 Å². The number of hydrogen-bond donors (Lipinski definition) is 1. The van der Waals surface area contributed by atoms with Gasteiger partial charge >= 0.3 is 0 Å². The van der Waals surface area contributed by atoms with Crippen molar-refractivity contribution in [1.82, 2.24) is 5.43 Å². The fraction of sp³-hybridized carbons (Fsp3) is 0.0625. The van der Waals surface area contributed by atoms with Gasteiger partial charge in [-0.3, -0.25) is 4.79 Å². The van der Waals surface area contributed by atoms with Crippen LogP contribution in [0.25, 0.3) is 0 Å². The van der Waals surface area contributed by atoms with Gasteiger partial charge < -0.3 is 4.74 Å². The van der Waals surface area contributed by atoms with Crippen molar-refractivity contribution >= 4 is 12.1 Å². The lowest BCUT2D eigenvalue weighted by Crippen LogP contribution is -2.17. The minimum atomic E-state index is -0.426. The number of nitrogens with zero attached hydrogens (tertiary/aromatic N) is 2. The minimum Gasteiger partial charge on any atom is -0.479 e. The Morgan fingerprint density at radius 1 is 1.23 bits per heavy atom. The Kier molecular flexibility index (Phi) is 5.21. The normalized spacial score (nSPS) is 10.2. The number of benzene rings is 2. The number of carbonyl (C=O) groups excluding carboxylic acids is 1. The molecule has 2 rings (SSSR count). The van der Waals surface area contributed by atoms with Crippen LogP contribution in [0, 0.1) is 17.1 Å². The van der Waals surface area contributed by atoms with Crippen LogP contribution < -0.4 is 10.2 Å². The first kappa shape index (κ1) is 15.2. The number of rotatable bonds is 5. The molecular weight excluding hydrogens is 285 g/mol. The molecule has 0 aliphatic heterocycles. The van der Waals surface area contributed by atoms with E-state index in [1.165, 1.54) is 30.5 Å². The average molecular weight is 297 g/mol. The molecule has 22 heavy (non-hydrogen) atoms. The molecular formula is C16H12FN3O2. The molecule has 0 bridgehead atoms. The van der Waals surface area contributed by atoms with Crippen molar-refractivity contribution < 1.29 is 13.9 Å². The second kappa shape index (κ2) is 7.55. The van der Waals surface area contributed by atoms with Gasteiger partial charge in [-0.05, 0) is 54.1 Å². The molecule has 1 amide bonds. The van der Waals surface area contributed by atoms with Crippen molar-refractivity contribution in [2.75, 3.05) is 6.61 Å². The molecule has 0 aliphatic carbocycles. The molecule has 6 heteroatoms. The van der Waals surface area contributed by atoms with E-state index in [4.69, 9.17) is 10.00 Å². The summed E-state index contributed by atoms with van der Waals surface area (Å²) in [5.74, 6) is -0.252. The zero-order valence-corrected chi connectivity index (χ0v) is 11.5. The number of hydrazone groups is 1. The lowest BCUT2D eigenvalue weighted by Gasteiger charge is -2.01. The van der Waals surface area contributed by atoms with E-state index < -0.39 is 11.7 Å². The number of nitrogens with one attached hydrogen (secondary N) is 1. The monoisotopic (exact) mass is 297 g/mol. The SMILES string of the molecule is N#CCOc1ccc(/C=N\NC(=O)c2ccc(F)cc2)cc1. The van der Waals surface area contributed by atoms with Gasteiger partial charge in [0.1, 0.15) is 17.6 Å². The van der Waals surface area contributed by atoms with E-state index in [9.17, 15) is 9.18 Å². The zero-order chi connectivity index (χ0) is 15.8. The van der Waals surface area contributed by atoms with Gasteiger partial charge in [-0.25, -0.2) is 9.82 Å². The minimum absolute atomic E-state index is 0.0127. The fourth-order valence-electron chi connectivity index (χ4n) is 1.60. The van der Waals surface area contributed by atoms with E-state index in [0.29, 0.717) is 11.3 Å². The number of amides is 1.